The van der Waals surface area contributed by atoms with Crippen LogP contribution in [-0.2, 0) is 0 Å². The first kappa shape index (κ1) is 13.9. The third-order valence-electron chi connectivity index (χ3n) is 2.91. The third kappa shape index (κ3) is 3.27. The molecule has 1 aromatic rings. The minimum Gasteiger partial charge on any atom is -0.323 e. The molecule has 1 fully saturated rings. The molecule has 1 aliphatic rings. The Morgan fingerprint density at radius 3 is 2.71 bits per heavy atom. The highest BCUT2D eigenvalue weighted by molar-refractivity contribution is 8.07. The zero-order chi connectivity index (χ0) is 12.4. The summed E-state index contributed by atoms with van der Waals surface area (Å²) < 4.78 is 0. The van der Waals surface area contributed by atoms with Gasteiger partial charge in [-0.3, -0.25) is 0 Å². The summed E-state index contributed by atoms with van der Waals surface area (Å²) in [5.74, 6) is 2.36. The Labute approximate surface area is 121 Å². The second kappa shape index (κ2) is 6.07. The van der Waals surface area contributed by atoms with Gasteiger partial charge in [0.1, 0.15) is 0 Å². The van der Waals surface area contributed by atoms with E-state index in [0.717, 1.165) is 11.3 Å². The van der Waals surface area contributed by atoms with Crippen LogP contribution in [0, 0.1) is 0 Å². The Morgan fingerprint density at radius 1 is 1.29 bits per heavy atom. The SMILES string of the molecule is CC1SCCSC1C(N)c1cc(Cl)ccc1Cl. The van der Waals surface area contributed by atoms with Crippen molar-refractivity contribution >= 4 is 46.7 Å². The fraction of sp³-hybridized carbons (Fsp3) is 0.500. The lowest BCUT2D eigenvalue weighted by Gasteiger charge is -2.33. The number of hydrogen-bond acceptors (Lipinski definition) is 3. The van der Waals surface area contributed by atoms with Gasteiger partial charge in [0, 0.05) is 38.1 Å². The first-order chi connectivity index (χ1) is 8.09. The molecule has 1 heterocycles. The van der Waals surface area contributed by atoms with Crippen LogP contribution in [0.2, 0.25) is 10.0 Å². The number of thioether (sulfide) groups is 2. The van der Waals surface area contributed by atoms with E-state index in [9.17, 15) is 0 Å². The van der Waals surface area contributed by atoms with Crippen LogP contribution in [0.5, 0.6) is 0 Å². The van der Waals surface area contributed by atoms with Gasteiger partial charge >= 0.3 is 0 Å². The third-order valence-corrected chi connectivity index (χ3v) is 6.70. The van der Waals surface area contributed by atoms with Gasteiger partial charge in [-0.1, -0.05) is 30.1 Å². The van der Waals surface area contributed by atoms with E-state index in [0.29, 0.717) is 20.5 Å². The Morgan fingerprint density at radius 2 is 2.00 bits per heavy atom. The number of hydrogen-bond donors (Lipinski definition) is 1. The fourth-order valence-electron chi connectivity index (χ4n) is 1.99. The highest BCUT2D eigenvalue weighted by atomic mass is 35.5. The van der Waals surface area contributed by atoms with Crippen molar-refractivity contribution in [2.75, 3.05) is 11.5 Å². The lowest BCUT2D eigenvalue weighted by Crippen LogP contribution is -2.34. The van der Waals surface area contributed by atoms with Crippen LogP contribution in [0.25, 0.3) is 0 Å². The molecule has 2 N–H and O–H groups in total. The Kier molecular flexibility index (Phi) is 4.96. The molecule has 0 spiro atoms. The maximum absolute atomic E-state index is 6.35. The molecule has 0 bridgehead atoms. The lowest BCUT2D eigenvalue weighted by molar-refractivity contribution is 0.664. The van der Waals surface area contributed by atoms with E-state index in [1.165, 1.54) is 5.75 Å². The van der Waals surface area contributed by atoms with Gasteiger partial charge in [-0.25, -0.2) is 0 Å². The predicted molar refractivity (Wildman–Crippen MR) is 81.6 cm³/mol. The molecule has 17 heavy (non-hydrogen) atoms. The van der Waals surface area contributed by atoms with E-state index >= 15 is 0 Å². The van der Waals surface area contributed by atoms with Gasteiger partial charge in [0.2, 0.25) is 0 Å². The predicted octanol–water partition coefficient (Wildman–Crippen LogP) is 4.23. The van der Waals surface area contributed by atoms with Crippen LogP contribution in [0.15, 0.2) is 18.2 Å². The molecule has 0 amide bonds. The van der Waals surface area contributed by atoms with E-state index in [2.05, 4.69) is 6.92 Å². The van der Waals surface area contributed by atoms with E-state index in [1.807, 2.05) is 35.7 Å². The van der Waals surface area contributed by atoms with Crippen molar-refractivity contribution in [2.45, 2.75) is 23.5 Å². The minimum atomic E-state index is -0.0472. The maximum Gasteiger partial charge on any atom is 0.0455 e. The van der Waals surface area contributed by atoms with Gasteiger partial charge < -0.3 is 5.73 Å². The van der Waals surface area contributed by atoms with E-state index in [4.69, 9.17) is 28.9 Å². The molecule has 1 aromatic carbocycles. The Bertz CT molecular complexity index is 400. The molecule has 5 heteroatoms. The molecular formula is C12H15Cl2NS2. The molecule has 1 nitrogen and oxygen atoms in total. The maximum atomic E-state index is 6.35. The average Bonchev–Trinajstić information content (AvgIpc) is 2.32. The molecule has 0 aromatic heterocycles. The molecule has 0 saturated carbocycles. The highest BCUT2D eigenvalue weighted by Gasteiger charge is 2.30. The van der Waals surface area contributed by atoms with Gasteiger partial charge in [-0.05, 0) is 23.8 Å². The first-order valence-corrected chi connectivity index (χ1v) is 8.38. The van der Waals surface area contributed by atoms with Crippen molar-refractivity contribution in [3.8, 4) is 0 Å². The number of halogens is 2. The van der Waals surface area contributed by atoms with Crippen LogP contribution in [0.3, 0.4) is 0 Å². The number of nitrogens with two attached hydrogens (primary N) is 1. The summed E-state index contributed by atoms with van der Waals surface area (Å²) in [6.07, 6.45) is 0. The van der Waals surface area contributed by atoms with Crippen molar-refractivity contribution in [3.05, 3.63) is 33.8 Å². The monoisotopic (exact) mass is 307 g/mol. The van der Waals surface area contributed by atoms with Crippen molar-refractivity contribution < 1.29 is 0 Å². The minimum absolute atomic E-state index is 0.0472. The Hall–Kier alpha value is 0.460. The van der Waals surface area contributed by atoms with Crippen LogP contribution in [0.4, 0.5) is 0 Å². The summed E-state index contributed by atoms with van der Waals surface area (Å²) in [5, 5.41) is 2.37. The second-order valence-corrected chi connectivity index (χ2v) is 7.72. The zero-order valence-electron chi connectivity index (χ0n) is 9.53. The largest absolute Gasteiger partial charge is 0.323 e. The topological polar surface area (TPSA) is 26.0 Å². The van der Waals surface area contributed by atoms with E-state index in [1.54, 1.807) is 6.07 Å². The molecule has 94 valence electrons. The molecule has 1 aliphatic heterocycles. The van der Waals surface area contributed by atoms with Crippen LogP contribution in [0.1, 0.15) is 18.5 Å². The standard InChI is InChI=1S/C12H15Cl2NS2/c1-7-12(17-5-4-16-7)11(15)9-6-8(13)2-3-10(9)14/h2-3,6-7,11-12H,4-5,15H2,1H3. The molecular weight excluding hydrogens is 293 g/mol. The molecule has 3 atom stereocenters. The van der Waals surface area contributed by atoms with Crippen molar-refractivity contribution in [1.82, 2.24) is 0 Å². The molecule has 3 unspecified atom stereocenters. The van der Waals surface area contributed by atoms with Crippen molar-refractivity contribution in [1.29, 1.82) is 0 Å². The summed E-state index contributed by atoms with van der Waals surface area (Å²) in [6, 6.07) is 5.46. The van der Waals surface area contributed by atoms with Crippen LogP contribution in [-0.4, -0.2) is 22.0 Å². The average molecular weight is 308 g/mol. The zero-order valence-corrected chi connectivity index (χ0v) is 12.7. The summed E-state index contributed by atoms with van der Waals surface area (Å²) in [4.78, 5) is 0. The normalized spacial score (nSPS) is 26.8. The van der Waals surface area contributed by atoms with Crippen molar-refractivity contribution in [3.63, 3.8) is 0 Å². The smallest absolute Gasteiger partial charge is 0.0455 e. The molecule has 1 saturated heterocycles. The lowest BCUT2D eigenvalue weighted by atomic mass is 10.0. The fourth-order valence-corrected chi connectivity index (χ4v) is 5.28. The Balaban J connectivity index is 2.23. The van der Waals surface area contributed by atoms with E-state index in [-0.39, 0.29) is 6.04 Å². The molecule has 0 radical (unpaired) electrons. The summed E-state index contributed by atoms with van der Waals surface area (Å²) in [7, 11) is 0. The first-order valence-electron chi connectivity index (χ1n) is 5.53. The van der Waals surface area contributed by atoms with Crippen LogP contribution < -0.4 is 5.73 Å². The van der Waals surface area contributed by atoms with Gasteiger partial charge in [0.15, 0.2) is 0 Å². The van der Waals surface area contributed by atoms with E-state index < -0.39 is 0 Å². The number of rotatable bonds is 2. The van der Waals surface area contributed by atoms with Crippen molar-refractivity contribution in [2.24, 2.45) is 5.73 Å². The molecule has 0 aliphatic carbocycles. The second-order valence-electron chi connectivity index (χ2n) is 4.10. The number of benzene rings is 1. The summed E-state index contributed by atoms with van der Waals surface area (Å²) >= 11 is 16.1. The summed E-state index contributed by atoms with van der Waals surface area (Å²) in [6.45, 7) is 2.24. The van der Waals surface area contributed by atoms with Gasteiger partial charge in [0.05, 0.1) is 0 Å². The summed E-state index contributed by atoms with van der Waals surface area (Å²) in [5.41, 5.74) is 7.32. The molecule has 2 rings (SSSR count). The van der Waals surface area contributed by atoms with Gasteiger partial charge in [-0.2, -0.15) is 23.5 Å². The van der Waals surface area contributed by atoms with Gasteiger partial charge in [-0.15, -0.1) is 0 Å². The quantitative estimate of drug-likeness (QED) is 0.885. The van der Waals surface area contributed by atoms with Gasteiger partial charge in [0.25, 0.3) is 0 Å². The highest BCUT2D eigenvalue weighted by Crippen LogP contribution is 2.39. The van der Waals surface area contributed by atoms with Crippen LogP contribution >= 0.6 is 46.7 Å².